The first kappa shape index (κ1) is 14.9. The Kier molecular flexibility index (Phi) is 5.09. The Bertz CT molecular complexity index is 473. The standard InChI is InChI=1S/C14H19ClN2O3/c1-20-13-7-2-9(15)8-12(13)17-14(19)16-10-3-5-11(18)6-4-10/h2,7-8,10-11,18H,3-6H2,1H3,(H2,16,17,19). The van der Waals surface area contributed by atoms with Gasteiger partial charge in [-0.1, -0.05) is 11.6 Å². The van der Waals surface area contributed by atoms with Crippen LogP contribution in [0, 0.1) is 0 Å². The van der Waals surface area contributed by atoms with E-state index in [1.807, 2.05) is 0 Å². The third kappa shape index (κ3) is 4.02. The number of aliphatic hydroxyl groups is 1. The highest BCUT2D eigenvalue weighted by atomic mass is 35.5. The summed E-state index contributed by atoms with van der Waals surface area (Å²) in [6.07, 6.45) is 2.81. The lowest BCUT2D eigenvalue weighted by molar-refractivity contribution is 0.118. The number of methoxy groups -OCH3 is 1. The van der Waals surface area contributed by atoms with E-state index in [9.17, 15) is 9.90 Å². The molecule has 1 aliphatic rings. The van der Waals surface area contributed by atoms with Crippen LogP contribution in [0.3, 0.4) is 0 Å². The Morgan fingerprint density at radius 1 is 1.35 bits per heavy atom. The average Bonchev–Trinajstić information content (AvgIpc) is 2.41. The molecule has 3 N–H and O–H groups in total. The van der Waals surface area contributed by atoms with E-state index in [-0.39, 0.29) is 18.2 Å². The maximum atomic E-state index is 12.0. The van der Waals surface area contributed by atoms with Gasteiger partial charge in [0.1, 0.15) is 5.75 Å². The lowest BCUT2D eigenvalue weighted by Crippen LogP contribution is -2.40. The number of ether oxygens (including phenoxy) is 1. The molecule has 1 saturated carbocycles. The molecule has 5 nitrogen and oxygen atoms in total. The number of aliphatic hydroxyl groups excluding tert-OH is 1. The van der Waals surface area contributed by atoms with Crippen LogP contribution in [0.4, 0.5) is 10.5 Å². The van der Waals surface area contributed by atoms with Crippen LogP contribution in [0.5, 0.6) is 5.75 Å². The van der Waals surface area contributed by atoms with Crippen molar-refractivity contribution in [3.63, 3.8) is 0 Å². The van der Waals surface area contributed by atoms with Crippen LogP contribution >= 0.6 is 11.6 Å². The van der Waals surface area contributed by atoms with Gasteiger partial charge in [-0.2, -0.15) is 0 Å². The van der Waals surface area contributed by atoms with Gasteiger partial charge in [0.2, 0.25) is 0 Å². The number of carbonyl (C=O) groups excluding carboxylic acids is 1. The monoisotopic (exact) mass is 298 g/mol. The smallest absolute Gasteiger partial charge is 0.319 e. The summed E-state index contributed by atoms with van der Waals surface area (Å²) in [6, 6.07) is 4.86. The molecular formula is C14H19ClN2O3. The predicted octanol–water partition coefficient (Wildman–Crippen LogP) is 2.77. The van der Waals surface area contributed by atoms with Gasteiger partial charge < -0.3 is 20.5 Å². The first-order chi connectivity index (χ1) is 9.58. The fourth-order valence-corrected chi connectivity index (χ4v) is 2.51. The number of benzene rings is 1. The minimum absolute atomic E-state index is 0.101. The summed E-state index contributed by atoms with van der Waals surface area (Å²) in [5, 5.41) is 15.6. The van der Waals surface area contributed by atoms with Crippen LogP contribution in [0.25, 0.3) is 0 Å². The van der Waals surface area contributed by atoms with Gasteiger partial charge >= 0.3 is 6.03 Å². The minimum Gasteiger partial charge on any atom is -0.495 e. The number of carbonyl (C=O) groups is 1. The number of urea groups is 1. The molecule has 0 saturated heterocycles. The topological polar surface area (TPSA) is 70.6 Å². The molecule has 0 unspecified atom stereocenters. The molecule has 20 heavy (non-hydrogen) atoms. The predicted molar refractivity (Wildman–Crippen MR) is 78.4 cm³/mol. The molecule has 0 atom stereocenters. The molecule has 110 valence electrons. The van der Waals surface area contributed by atoms with Crippen molar-refractivity contribution in [3.8, 4) is 5.75 Å². The number of halogens is 1. The first-order valence-corrected chi connectivity index (χ1v) is 7.05. The number of hydrogen-bond acceptors (Lipinski definition) is 3. The normalized spacial score (nSPS) is 22.1. The summed E-state index contributed by atoms with van der Waals surface area (Å²) in [6.45, 7) is 0. The van der Waals surface area contributed by atoms with Crippen LogP contribution in [0.15, 0.2) is 18.2 Å². The van der Waals surface area contributed by atoms with Gasteiger partial charge in [-0.15, -0.1) is 0 Å². The first-order valence-electron chi connectivity index (χ1n) is 6.67. The van der Waals surface area contributed by atoms with Crippen LogP contribution < -0.4 is 15.4 Å². The molecule has 1 aromatic rings. The highest BCUT2D eigenvalue weighted by molar-refractivity contribution is 6.31. The zero-order valence-corrected chi connectivity index (χ0v) is 12.1. The second kappa shape index (κ2) is 6.81. The lowest BCUT2D eigenvalue weighted by Gasteiger charge is -2.26. The van der Waals surface area contributed by atoms with E-state index in [0.29, 0.717) is 16.5 Å². The lowest BCUT2D eigenvalue weighted by atomic mass is 9.93. The van der Waals surface area contributed by atoms with Gasteiger partial charge in [0.05, 0.1) is 18.9 Å². The van der Waals surface area contributed by atoms with E-state index in [4.69, 9.17) is 16.3 Å². The van der Waals surface area contributed by atoms with E-state index in [1.54, 1.807) is 18.2 Å². The molecule has 0 bridgehead atoms. The van der Waals surface area contributed by atoms with Gasteiger partial charge in [-0.25, -0.2) is 4.79 Å². The molecule has 0 heterocycles. The van der Waals surface area contributed by atoms with Crippen molar-refractivity contribution in [1.29, 1.82) is 0 Å². The molecule has 6 heteroatoms. The molecular weight excluding hydrogens is 280 g/mol. The largest absolute Gasteiger partial charge is 0.495 e. The van der Waals surface area contributed by atoms with Crippen LogP contribution in [0.2, 0.25) is 5.02 Å². The van der Waals surface area contributed by atoms with Crippen molar-refractivity contribution in [2.24, 2.45) is 0 Å². The van der Waals surface area contributed by atoms with Crippen LogP contribution in [0.1, 0.15) is 25.7 Å². The summed E-state index contributed by atoms with van der Waals surface area (Å²) in [7, 11) is 1.54. The maximum Gasteiger partial charge on any atom is 0.319 e. The molecule has 1 aliphatic carbocycles. The molecule has 0 radical (unpaired) electrons. The number of amides is 2. The summed E-state index contributed by atoms with van der Waals surface area (Å²) in [5.41, 5.74) is 0.536. The summed E-state index contributed by atoms with van der Waals surface area (Å²) in [4.78, 5) is 12.0. The van der Waals surface area contributed by atoms with E-state index < -0.39 is 0 Å². The molecule has 0 aromatic heterocycles. The van der Waals surface area contributed by atoms with Gasteiger partial charge in [-0.05, 0) is 43.9 Å². The van der Waals surface area contributed by atoms with Gasteiger partial charge in [0.15, 0.2) is 0 Å². The van der Waals surface area contributed by atoms with Gasteiger partial charge in [-0.3, -0.25) is 0 Å². The average molecular weight is 299 g/mol. The number of nitrogens with one attached hydrogen (secondary N) is 2. The highest BCUT2D eigenvalue weighted by Crippen LogP contribution is 2.27. The Morgan fingerprint density at radius 2 is 2.05 bits per heavy atom. The van der Waals surface area contributed by atoms with E-state index in [2.05, 4.69) is 10.6 Å². The second-order valence-electron chi connectivity index (χ2n) is 4.95. The van der Waals surface area contributed by atoms with E-state index in [0.717, 1.165) is 25.7 Å². The Balaban J connectivity index is 1.92. The molecule has 0 spiro atoms. The van der Waals surface area contributed by atoms with Crippen LogP contribution in [-0.4, -0.2) is 30.4 Å². The molecule has 1 fully saturated rings. The molecule has 0 aliphatic heterocycles. The Morgan fingerprint density at radius 3 is 2.70 bits per heavy atom. The van der Waals surface area contributed by atoms with Crippen molar-refractivity contribution >= 4 is 23.3 Å². The summed E-state index contributed by atoms with van der Waals surface area (Å²) >= 11 is 5.91. The van der Waals surface area contributed by atoms with Crippen molar-refractivity contribution in [2.45, 2.75) is 37.8 Å². The number of hydrogen-bond donors (Lipinski definition) is 3. The highest BCUT2D eigenvalue weighted by Gasteiger charge is 2.21. The quantitative estimate of drug-likeness (QED) is 0.803. The zero-order valence-electron chi connectivity index (χ0n) is 11.4. The third-order valence-corrected chi connectivity index (χ3v) is 3.68. The Hall–Kier alpha value is -1.46. The SMILES string of the molecule is COc1ccc(Cl)cc1NC(=O)NC1CCC(O)CC1. The Labute approximate surface area is 123 Å². The molecule has 2 amide bonds. The van der Waals surface area contributed by atoms with E-state index >= 15 is 0 Å². The zero-order chi connectivity index (χ0) is 14.5. The fourth-order valence-electron chi connectivity index (χ4n) is 2.34. The van der Waals surface area contributed by atoms with E-state index in [1.165, 1.54) is 7.11 Å². The summed E-state index contributed by atoms with van der Waals surface area (Å²) in [5.74, 6) is 0.559. The van der Waals surface area contributed by atoms with Crippen molar-refractivity contribution < 1.29 is 14.6 Å². The third-order valence-electron chi connectivity index (χ3n) is 3.44. The number of anilines is 1. The molecule has 1 aromatic carbocycles. The maximum absolute atomic E-state index is 12.0. The van der Waals surface area contributed by atoms with Gasteiger partial charge in [0, 0.05) is 11.1 Å². The molecule has 2 rings (SSSR count). The van der Waals surface area contributed by atoms with Crippen molar-refractivity contribution in [1.82, 2.24) is 5.32 Å². The second-order valence-corrected chi connectivity index (χ2v) is 5.38. The fraction of sp³-hybridized carbons (Fsp3) is 0.500. The van der Waals surface area contributed by atoms with Crippen LogP contribution in [-0.2, 0) is 0 Å². The number of rotatable bonds is 3. The minimum atomic E-state index is -0.285. The van der Waals surface area contributed by atoms with Crippen molar-refractivity contribution in [2.75, 3.05) is 12.4 Å². The summed E-state index contributed by atoms with van der Waals surface area (Å²) < 4.78 is 5.17. The van der Waals surface area contributed by atoms with Crippen molar-refractivity contribution in [3.05, 3.63) is 23.2 Å². The van der Waals surface area contributed by atoms with Gasteiger partial charge in [0.25, 0.3) is 0 Å².